The highest BCUT2D eigenvalue weighted by molar-refractivity contribution is 5.94. The van der Waals surface area contributed by atoms with Crippen LogP contribution < -0.4 is 14.2 Å². The number of amides is 1. The topological polar surface area (TPSA) is 152 Å². The van der Waals surface area contributed by atoms with Crippen LogP contribution in [0.5, 0.6) is 17.2 Å². The van der Waals surface area contributed by atoms with Crippen molar-refractivity contribution < 1.29 is 52.5 Å². The number of hydrogen-bond donors (Lipinski definition) is 0. The third-order valence-corrected chi connectivity index (χ3v) is 4.80. The number of benzene rings is 1. The summed E-state index contributed by atoms with van der Waals surface area (Å²) in [5.41, 5.74) is -0.220. The number of hydrogen-bond acceptors (Lipinski definition) is 11. The first-order chi connectivity index (χ1) is 16.5. The number of rotatable bonds is 8. The normalized spacial score (nSPS) is 13.4. The minimum atomic E-state index is -0.976. The smallest absolute Gasteiger partial charge is 0.338 e. The predicted molar refractivity (Wildman–Crippen MR) is 117 cm³/mol. The van der Waals surface area contributed by atoms with Gasteiger partial charge >= 0.3 is 29.8 Å². The Morgan fingerprint density at radius 1 is 0.829 bits per heavy atom. The summed E-state index contributed by atoms with van der Waals surface area (Å²) in [6.45, 7) is 5.29. The maximum atomic E-state index is 12.6. The Morgan fingerprint density at radius 2 is 1.34 bits per heavy atom. The van der Waals surface area contributed by atoms with Gasteiger partial charge < -0.3 is 28.6 Å². The van der Waals surface area contributed by atoms with Crippen LogP contribution in [0.15, 0.2) is 12.1 Å². The van der Waals surface area contributed by atoms with Gasteiger partial charge in [0.15, 0.2) is 18.1 Å². The number of esters is 5. The number of carbonyl (C=O) groups excluding carboxylic acids is 6. The van der Waals surface area contributed by atoms with Crippen molar-refractivity contribution in [2.45, 2.75) is 40.5 Å². The van der Waals surface area contributed by atoms with Crippen LogP contribution in [0.25, 0.3) is 0 Å². The number of piperidine rings is 1. The van der Waals surface area contributed by atoms with E-state index < -0.39 is 36.4 Å². The summed E-state index contributed by atoms with van der Waals surface area (Å²) in [4.78, 5) is 72.8. The molecule has 1 aliphatic heterocycles. The Balaban J connectivity index is 2.12. The maximum absolute atomic E-state index is 12.6. The first kappa shape index (κ1) is 27.3. The van der Waals surface area contributed by atoms with E-state index >= 15 is 0 Å². The molecule has 12 heteroatoms. The van der Waals surface area contributed by atoms with Gasteiger partial charge in [-0.05, 0) is 31.9 Å². The summed E-state index contributed by atoms with van der Waals surface area (Å²) in [5.74, 6) is -5.48. The Morgan fingerprint density at radius 3 is 1.80 bits per heavy atom. The van der Waals surface area contributed by atoms with Crippen LogP contribution in [0, 0.1) is 5.92 Å². The molecule has 35 heavy (non-hydrogen) atoms. The van der Waals surface area contributed by atoms with Crippen LogP contribution in [0.2, 0.25) is 0 Å². The lowest BCUT2D eigenvalue weighted by atomic mass is 9.97. The van der Waals surface area contributed by atoms with Crippen LogP contribution in [0.4, 0.5) is 0 Å². The molecule has 1 amide bonds. The summed E-state index contributed by atoms with van der Waals surface area (Å²) in [6.07, 6.45) is 0.876. The third-order valence-electron chi connectivity index (χ3n) is 4.80. The molecule has 0 aromatic heterocycles. The minimum absolute atomic E-state index is 0.220. The highest BCUT2D eigenvalue weighted by Crippen LogP contribution is 2.39. The lowest BCUT2D eigenvalue weighted by Gasteiger charge is -2.30. The highest BCUT2D eigenvalue weighted by Gasteiger charge is 2.29. The zero-order valence-corrected chi connectivity index (χ0v) is 19.9. The van der Waals surface area contributed by atoms with Crippen molar-refractivity contribution in [1.82, 2.24) is 4.90 Å². The van der Waals surface area contributed by atoms with Crippen LogP contribution in [-0.4, -0.2) is 67.0 Å². The second-order valence-corrected chi connectivity index (χ2v) is 7.57. The van der Waals surface area contributed by atoms with Crippen molar-refractivity contribution in [2.75, 3.05) is 26.3 Å². The van der Waals surface area contributed by atoms with Gasteiger partial charge in [-0.15, -0.1) is 0 Å². The fourth-order valence-corrected chi connectivity index (χ4v) is 3.33. The number of ether oxygens (including phenoxy) is 5. The first-order valence-electron chi connectivity index (χ1n) is 10.9. The van der Waals surface area contributed by atoms with Gasteiger partial charge in [-0.1, -0.05) is 0 Å². The van der Waals surface area contributed by atoms with E-state index in [0.29, 0.717) is 25.9 Å². The van der Waals surface area contributed by atoms with Gasteiger partial charge in [-0.2, -0.15) is 0 Å². The zero-order valence-electron chi connectivity index (χ0n) is 19.9. The molecule has 0 N–H and O–H groups in total. The fraction of sp³-hybridized carbons (Fsp3) is 0.478. The largest absolute Gasteiger partial charge is 0.466 e. The van der Waals surface area contributed by atoms with E-state index in [9.17, 15) is 28.8 Å². The van der Waals surface area contributed by atoms with E-state index in [-0.39, 0.29) is 41.3 Å². The summed E-state index contributed by atoms with van der Waals surface area (Å²) in [5, 5.41) is 0. The van der Waals surface area contributed by atoms with Crippen LogP contribution in [0.3, 0.4) is 0 Å². The molecule has 0 radical (unpaired) electrons. The van der Waals surface area contributed by atoms with Crippen molar-refractivity contribution in [1.29, 1.82) is 0 Å². The lowest BCUT2D eigenvalue weighted by molar-refractivity contribution is -0.151. The van der Waals surface area contributed by atoms with Gasteiger partial charge in [0.2, 0.25) is 5.75 Å². The van der Waals surface area contributed by atoms with E-state index in [2.05, 4.69) is 0 Å². The number of carbonyl (C=O) groups is 6. The highest BCUT2D eigenvalue weighted by atomic mass is 16.6. The molecule has 0 atom stereocenters. The van der Waals surface area contributed by atoms with Gasteiger partial charge in [-0.3, -0.25) is 24.0 Å². The monoisotopic (exact) mass is 493 g/mol. The van der Waals surface area contributed by atoms with Gasteiger partial charge in [0.1, 0.15) is 0 Å². The second-order valence-electron chi connectivity index (χ2n) is 7.57. The third kappa shape index (κ3) is 8.09. The predicted octanol–water partition coefficient (Wildman–Crippen LogP) is 1.42. The van der Waals surface area contributed by atoms with Gasteiger partial charge in [0.05, 0.1) is 18.1 Å². The van der Waals surface area contributed by atoms with E-state index in [1.807, 2.05) is 0 Å². The van der Waals surface area contributed by atoms with Crippen LogP contribution in [0.1, 0.15) is 50.9 Å². The molecular formula is C23H27NO11. The molecule has 1 aromatic carbocycles. The summed E-state index contributed by atoms with van der Waals surface area (Å²) in [6, 6.07) is 2.12. The second kappa shape index (κ2) is 12.5. The molecule has 0 aliphatic carbocycles. The van der Waals surface area contributed by atoms with Crippen molar-refractivity contribution in [3.63, 3.8) is 0 Å². The van der Waals surface area contributed by atoms with Gasteiger partial charge in [-0.25, -0.2) is 4.79 Å². The molecule has 0 saturated carbocycles. The van der Waals surface area contributed by atoms with Crippen molar-refractivity contribution in [3.05, 3.63) is 17.7 Å². The standard InChI is InChI=1S/C23H27NO11/c1-5-31-22(29)16-6-8-24(9-7-16)20(28)12-32-23(30)17-10-18(33-13(2)25)21(35-15(4)27)19(11-17)34-14(3)26/h10-11,16H,5-9,12H2,1-4H3. The molecule has 1 heterocycles. The van der Waals surface area contributed by atoms with Crippen LogP contribution in [-0.2, 0) is 33.4 Å². The zero-order chi connectivity index (χ0) is 26.1. The molecule has 0 bridgehead atoms. The molecule has 0 spiro atoms. The minimum Gasteiger partial charge on any atom is -0.466 e. The van der Waals surface area contributed by atoms with Crippen molar-refractivity contribution in [3.8, 4) is 17.2 Å². The SMILES string of the molecule is CCOC(=O)C1CCN(C(=O)COC(=O)c2cc(OC(C)=O)c(OC(C)=O)c(OC(C)=O)c2)CC1. The summed E-state index contributed by atoms with van der Waals surface area (Å²) < 4.78 is 25.1. The molecule has 1 aromatic rings. The molecule has 190 valence electrons. The fourth-order valence-electron chi connectivity index (χ4n) is 3.33. The first-order valence-corrected chi connectivity index (χ1v) is 10.9. The van der Waals surface area contributed by atoms with E-state index in [4.69, 9.17) is 23.7 Å². The molecule has 2 rings (SSSR count). The Kier molecular flexibility index (Phi) is 9.74. The van der Waals surface area contributed by atoms with E-state index in [1.54, 1.807) is 6.92 Å². The Labute approximate surface area is 201 Å². The molecule has 1 fully saturated rings. The lowest BCUT2D eigenvalue weighted by Crippen LogP contribution is -2.42. The van der Waals surface area contributed by atoms with E-state index in [1.165, 1.54) is 4.90 Å². The number of likely N-dealkylation sites (tertiary alicyclic amines) is 1. The van der Waals surface area contributed by atoms with Gasteiger partial charge in [0, 0.05) is 33.9 Å². The number of nitrogens with zero attached hydrogens (tertiary/aromatic N) is 1. The summed E-state index contributed by atoms with van der Waals surface area (Å²) in [7, 11) is 0. The maximum Gasteiger partial charge on any atom is 0.338 e. The average molecular weight is 493 g/mol. The van der Waals surface area contributed by atoms with Crippen LogP contribution >= 0.6 is 0 Å². The summed E-state index contributed by atoms with van der Waals surface area (Å²) >= 11 is 0. The molecule has 12 nitrogen and oxygen atoms in total. The molecule has 0 unspecified atom stereocenters. The van der Waals surface area contributed by atoms with E-state index in [0.717, 1.165) is 32.9 Å². The van der Waals surface area contributed by atoms with Crippen molar-refractivity contribution in [2.24, 2.45) is 5.92 Å². The molecular weight excluding hydrogens is 466 g/mol. The average Bonchev–Trinajstić information content (AvgIpc) is 2.78. The molecule has 1 saturated heterocycles. The van der Waals surface area contributed by atoms with Crippen molar-refractivity contribution >= 4 is 35.8 Å². The Bertz CT molecular complexity index is 972. The van der Waals surface area contributed by atoms with Gasteiger partial charge in [0.25, 0.3) is 5.91 Å². The quantitative estimate of drug-likeness (QED) is 0.382. The Hall–Kier alpha value is -3.96. The molecule has 1 aliphatic rings.